The average molecular weight is 440 g/mol. The highest BCUT2D eigenvalue weighted by Gasteiger charge is 2.55. The van der Waals surface area contributed by atoms with Gasteiger partial charge in [-0.2, -0.15) is 0 Å². The number of aliphatic hydroxyl groups excluding tert-OH is 1. The van der Waals surface area contributed by atoms with Crippen LogP contribution in [0.3, 0.4) is 0 Å². The monoisotopic (exact) mass is 438 g/mol. The average Bonchev–Trinajstić information content (AvgIpc) is 2.46. The Kier molecular flexibility index (Phi) is 6.11. The first-order valence-electron chi connectivity index (χ1n) is 7.92. The normalized spacial score (nSPS) is 45.0. The number of aliphatic hydroxyl groups is 1. The largest absolute Gasteiger partial charge is 0.466 e. The van der Waals surface area contributed by atoms with Gasteiger partial charge >= 0.3 is 5.97 Å². The van der Waals surface area contributed by atoms with Crippen LogP contribution < -0.4 is 0 Å². The van der Waals surface area contributed by atoms with Crippen LogP contribution in [0.4, 0.5) is 0 Å². The lowest BCUT2D eigenvalue weighted by Crippen LogP contribution is -2.57. The summed E-state index contributed by atoms with van der Waals surface area (Å²) in [5.41, 5.74) is 0. The van der Waals surface area contributed by atoms with Gasteiger partial charge in [-0.15, -0.1) is 0 Å². The maximum absolute atomic E-state index is 12.4. The van der Waals surface area contributed by atoms with Crippen LogP contribution in [-0.4, -0.2) is 39.2 Å². The molecule has 0 radical (unpaired) electrons. The van der Waals surface area contributed by atoms with Gasteiger partial charge in [0, 0.05) is 21.5 Å². The fourth-order valence-electron chi connectivity index (χ4n) is 4.18. The summed E-state index contributed by atoms with van der Waals surface area (Å²) < 4.78 is 5.25. The Bertz CT molecular complexity index is 442. The Morgan fingerprint density at radius 3 is 2.41 bits per heavy atom. The molecule has 2 rings (SSSR count). The van der Waals surface area contributed by atoms with Crippen LogP contribution in [0, 0.1) is 29.6 Å². The summed E-state index contributed by atoms with van der Waals surface area (Å²) in [6.45, 7) is 5.75. The van der Waals surface area contributed by atoms with Gasteiger partial charge in [-0.1, -0.05) is 38.8 Å². The van der Waals surface area contributed by atoms with Gasteiger partial charge in [-0.05, 0) is 38.5 Å². The third kappa shape index (κ3) is 3.29. The molecule has 0 bridgehead atoms. The van der Waals surface area contributed by atoms with E-state index in [-0.39, 0.29) is 51.0 Å². The van der Waals surface area contributed by atoms with Gasteiger partial charge in [0.15, 0.2) is 0 Å². The first kappa shape index (κ1) is 18.4. The van der Waals surface area contributed by atoms with Gasteiger partial charge in [0.2, 0.25) is 0 Å². The topological polar surface area (TPSA) is 63.6 Å². The fraction of sp³-hybridized carbons (Fsp3) is 0.875. The summed E-state index contributed by atoms with van der Waals surface area (Å²) in [7, 11) is 0. The molecule has 1 N–H and O–H groups in total. The van der Waals surface area contributed by atoms with Crippen molar-refractivity contribution in [1.82, 2.24) is 0 Å². The number of carbonyl (C=O) groups is 2. The van der Waals surface area contributed by atoms with E-state index in [0.717, 1.165) is 6.42 Å². The molecule has 2 aliphatic rings. The van der Waals surface area contributed by atoms with Crippen molar-refractivity contribution in [3.63, 3.8) is 0 Å². The van der Waals surface area contributed by atoms with Crippen LogP contribution in [-0.2, 0) is 14.3 Å². The van der Waals surface area contributed by atoms with Crippen molar-refractivity contribution >= 4 is 43.6 Å². The molecule has 0 spiro atoms. The molecule has 2 fully saturated rings. The van der Waals surface area contributed by atoms with Gasteiger partial charge in [0.1, 0.15) is 5.78 Å². The van der Waals surface area contributed by atoms with Crippen molar-refractivity contribution < 1.29 is 19.4 Å². The summed E-state index contributed by atoms with van der Waals surface area (Å²) in [5.74, 6) is -0.550. The Morgan fingerprint density at radius 2 is 1.86 bits per heavy atom. The fourth-order valence-corrected chi connectivity index (χ4v) is 5.95. The highest BCUT2D eigenvalue weighted by molar-refractivity contribution is 9.12. The first-order chi connectivity index (χ1) is 10.3. The Morgan fingerprint density at radius 1 is 1.23 bits per heavy atom. The molecule has 4 nitrogen and oxygen atoms in total. The quantitative estimate of drug-likeness (QED) is 0.542. The van der Waals surface area contributed by atoms with Crippen molar-refractivity contribution in [2.24, 2.45) is 29.6 Å². The Hall–Kier alpha value is 0.0600. The minimum atomic E-state index is -0.635. The van der Waals surface area contributed by atoms with Crippen LogP contribution >= 0.6 is 31.9 Å². The molecule has 5 unspecified atom stereocenters. The van der Waals surface area contributed by atoms with Gasteiger partial charge in [-0.3, -0.25) is 9.59 Å². The molecule has 0 saturated heterocycles. The highest BCUT2D eigenvalue weighted by Crippen LogP contribution is 2.52. The maximum Gasteiger partial charge on any atom is 0.309 e. The van der Waals surface area contributed by atoms with E-state index in [1.54, 1.807) is 13.8 Å². The van der Waals surface area contributed by atoms with Gasteiger partial charge < -0.3 is 9.84 Å². The van der Waals surface area contributed by atoms with E-state index in [4.69, 9.17) is 4.74 Å². The number of hydrogen-bond donors (Lipinski definition) is 1. The second kappa shape index (κ2) is 7.31. The molecule has 0 aromatic heterocycles. The lowest BCUT2D eigenvalue weighted by atomic mass is 9.58. The number of halogens is 2. The second-order valence-electron chi connectivity index (χ2n) is 6.61. The number of fused-ring (bicyclic) bond motifs is 1. The zero-order valence-electron chi connectivity index (χ0n) is 13.2. The molecule has 8 atom stereocenters. The van der Waals surface area contributed by atoms with Crippen molar-refractivity contribution in [1.29, 1.82) is 0 Å². The van der Waals surface area contributed by atoms with Crippen molar-refractivity contribution in [3.8, 4) is 0 Å². The lowest BCUT2D eigenvalue weighted by Gasteiger charge is -2.51. The summed E-state index contributed by atoms with van der Waals surface area (Å²) >= 11 is 7.43. The number of ether oxygens (including phenoxy) is 1. The summed E-state index contributed by atoms with van der Waals surface area (Å²) in [6.07, 6.45) is 0.535. The predicted molar refractivity (Wildman–Crippen MR) is 91.1 cm³/mol. The molecule has 0 heterocycles. The number of ketones is 1. The standard InChI is InChI=1S/C16H24Br2O4/c1-4-22-16(21)12-7(2)14(17)15(18)10-5-9(8(3)19)6-11(20)13(10)12/h7,9-15,20H,4-6H2,1-3H3/t7-,9-,10?,11?,12+,13?,14?,15?/m1/s1. The predicted octanol–water partition coefficient (Wildman–Crippen LogP) is 2.93. The van der Waals surface area contributed by atoms with Crippen molar-refractivity contribution in [2.75, 3.05) is 6.61 Å². The van der Waals surface area contributed by atoms with E-state index in [1.807, 2.05) is 6.92 Å². The van der Waals surface area contributed by atoms with Gasteiger partial charge in [0.05, 0.1) is 18.6 Å². The van der Waals surface area contributed by atoms with Crippen LogP contribution in [0.1, 0.15) is 33.6 Å². The molecule has 126 valence electrons. The second-order valence-corrected chi connectivity index (χ2v) is 8.73. The Balaban J connectivity index is 2.32. The molecule has 2 saturated carbocycles. The molecule has 2 aliphatic carbocycles. The summed E-state index contributed by atoms with van der Waals surface area (Å²) in [6, 6.07) is 0. The third-order valence-electron chi connectivity index (χ3n) is 5.35. The van der Waals surface area contributed by atoms with E-state index in [1.165, 1.54) is 0 Å². The first-order valence-corrected chi connectivity index (χ1v) is 9.76. The zero-order chi connectivity index (χ0) is 16.6. The van der Waals surface area contributed by atoms with Gasteiger partial charge in [-0.25, -0.2) is 0 Å². The van der Waals surface area contributed by atoms with Crippen molar-refractivity contribution in [3.05, 3.63) is 0 Å². The number of rotatable bonds is 3. The summed E-state index contributed by atoms with van der Waals surface area (Å²) in [4.78, 5) is 24.4. The van der Waals surface area contributed by atoms with Crippen LogP contribution in [0.25, 0.3) is 0 Å². The minimum absolute atomic E-state index is 0.0632. The molecule has 6 heteroatoms. The zero-order valence-corrected chi connectivity index (χ0v) is 16.3. The smallest absolute Gasteiger partial charge is 0.309 e. The maximum atomic E-state index is 12.4. The molecule has 0 aliphatic heterocycles. The minimum Gasteiger partial charge on any atom is -0.466 e. The molecular formula is C16H24Br2O4. The number of alkyl halides is 2. The summed E-state index contributed by atoms with van der Waals surface area (Å²) in [5, 5.41) is 10.6. The van der Waals surface area contributed by atoms with Crippen LogP contribution in [0.5, 0.6) is 0 Å². The number of Topliss-reactive ketones (excluding diaryl/α,β-unsaturated/α-hetero) is 1. The van der Waals surface area contributed by atoms with Crippen LogP contribution in [0.2, 0.25) is 0 Å². The molecule has 22 heavy (non-hydrogen) atoms. The van der Waals surface area contributed by atoms with Crippen LogP contribution in [0.15, 0.2) is 0 Å². The Labute approximate surface area is 148 Å². The molecule has 0 amide bonds. The number of carbonyl (C=O) groups excluding carboxylic acids is 2. The SMILES string of the molecule is CCOC(=O)[C@@H]1C2C(O)C[C@H](C(C)=O)CC2C(Br)C(Br)[C@@H]1C. The molecule has 0 aromatic carbocycles. The van der Waals surface area contributed by atoms with E-state index in [9.17, 15) is 14.7 Å². The highest BCUT2D eigenvalue weighted by atomic mass is 79.9. The van der Waals surface area contributed by atoms with E-state index >= 15 is 0 Å². The third-order valence-corrected chi connectivity index (χ3v) is 8.71. The molecule has 0 aromatic rings. The van der Waals surface area contributed by atoms with E-state index in [0.29, 0.717) is 13.0 Å². The number of esters is 1. The van der Waals surface area contributed by atoms with E-state index < -0.39 is 6.10 Å². The molecular weight excluding hydrogens is 416 g/mol. The van der Waals surface area contributed by atoms with Gasteiger partial charge in [0.25, 0.3) is 0 Å². The number of hydrogen-bond acceptors (Lipinski definition) is 4. The van der Waals surface area contributed by atoms with Crippen molar-refractivity contribution in [2.45, 2.75) is 49.4 Å². The lowest BCUT2D eigenvalue weighted by molar-refractivity contribution is -0.161. The van der Waals surface area contributed by atoms with E-state index in [2.05, 4.69) is 31.9 Å².